The van der Waals surface area contributed by atoms with E-state index >= 15 is 0 Å². The number of hydrogen-bond donors (Lipinski definition) is 1. The molecule has 21 heavy (non-hydrogen) atoms. The normalized spacial score (nSPS) is 12.3. The van der Waals surface area contributed by atoms with Crippen molar-refractivity contribution in [2.75, 3.05) is 13.6 Å². The zero-order valence-electron chi connectivity index (χ0n) is 12.7. The fourth-order valence-electron chi connectivity index (χ4n) is 2.76. The van der Waals surface area contributed by atoms with Crippen molar-refractivity contribution in [2.45, 2.75) is 25.7 Å². The fourth-order valence-corrected chi connectivity index (χ4v) is 2.88. The summed E-state index contributed by atoms with van der Waals surface area (Å²) in [5.74, 6) is 0.680. The van der Waals surface area contributed by atoms with Crippen molar-refractivity contribution in [2.24, 2.45) is 5.92 Å². The molecular weight excluding hydrogens is 278 g/mol. The van der Waals surface area contributed by atoms with Crippen LogP contribution in [0.3, 0.4) is 0 Å². The lowest BCUT2D eigenvalue weighted by molar-refractivity contribution is 0.447. The maximum Gasteiger partial charge on any atom is 0.0406 e. The van der Waals surface area contributed by atoms with Gasteiger partial charge in [-0.2, -0.15) is 0 Å². The Morgan fingerprint density at radius 3 is 2.33 bits per heavy atom. The minimum atomic E-state index is 0.680. The molecule has 0 saturated heterocycles. The monoisotopic (exact) mass is 301 g/mol. The zero-order chi connectivity index (χ0) is 14.9. The lowest BCUT2D eigenvalue weighted by Crippen LogP contribution is -2.21. The molecule has 0 radical (unpaired) electrons. The summed E-state index contributed by atoms with van der Waals surface area (Å²) in [6.07, 6.45) is 4.77. The van der Waals surface area contributed by atoms with Crippen LogP contribution in [0.4, 0.5) is 0 Å². The summed E-state index contributed by atoms with van der Waals surface area (Å²) >= 11 is 5.95. The number of nitrogens with one attached hydrogen (secondary N) is 1. The van der Waals surface area contributed by atoms with Crippen LogP contribution in [0.5, 0.6) is 0 Å². The van der Waals surface area contributed by atoms with Crippen LogP contribution in [0, 0.1) is 5.92 Å². The first-order chi connectivity index (χ1) is 10.3. The number of hydrogen-bond acceptors (Lipinski definition) is 1. The van der Waals surface area contributed by atoms with Gasteiger partial charge < -0.3 is 5.32 Å². The quantitative estimate of drug-likeness (QED) is 0.742. The van der Waals surface area contributed by atoms with Crippen LogP contribution in [-0.2, 0) is 12.8 Å². The molecule has 0 aliphatic carbocycles. The van der Waals surface area contributed by atoms with E-state index in [2.05, 4.69) is 47.8 Å². The van der Waals surface area contributed by atoms with Gasteiger partial charge in [0.25, 0.3) is 0 Å². The van der Waals surface area contributed by atoms with Crippen LogP contribution in [0.2, 0.25) is 5.02 Å². The zero-order valence-corrected chi connectivity index (χ0v) is 13.4. The van der Waals surface area contributed by atoms with E-state index in [1.807, 2.05) is 19.2 Å². The van der Waals surface area contributed by atoms with Crippen molar-refractivity contribution >= 4 is 11.6 Å². The molecule has 0 heterocycles. The van der Waals surface area contributed by atoms with E-state index in [4.69, 9.17) is 11.6 Å². The average molecular weight is 302 g/mol. The van der Waals surface area contributed by atoms with Gasteiger partial charge >= 0.3 is 0 Å². The Balaban J connectivity index is 1.82. The topological polar surface area (TPSA) is 12.0 Å². The SMILES string of the molecule is CNCC(CCCc1ccccc1)Cc1ccc(Cl)cc1. The van der Waals surface area contributed by atoms with Crippen LogP contribution >= 0.6 is 11.6 Å². The van der Waals surface area contributed by atoms with E-state index in [0.29, 0.717) is 5.92 Å². The maximum atomic E-state index is 5.95. The van der Waals surface area contributed by atoms with E-state index in [1.165, 1.54) is 30.4 Å². The molecule has 112 valence electrons. The fraction of sp³-hybridized carbons (Fsp3) is 0.368. The second-order valence-corrected chi connectivity index (χ2v) is 6.07. The van der Waals surface area contributed by atoms with Crippen molar-refractivity contribution in [3.05, 3.63) is 70.7 Å². The summed E-state index contributed by atoms with van der Waals surface area (Å²) in [6.45, 7) is 1.07. The van der Waals surface area contributed by atoms with Gasteiger partial charge in [0.2, 0.25) is 0 Å². The van der Waals surface area contributed by atoms with Crippen molar-refractivity contribution in [1.29, 1.82) is 0 Å². The molecular formula is C19H24ClN. The number of halogens is 1. The summed E-state index contributed by atoms with van der Waals surface area (Å²) in [7, 11) is 2.03. The highest BCUT2D eigenvalue weighted by Gasteiger charge is 2.09. The predicted molar refractivity (Wildman–Crippen MR) is 92.0 cm³/mol. The van der Waals surface area contributed by atoms with Gasteiger partial charge in [-0.15, -0.1) is 0 Å². The predicted octanol–water partition coefficient (Wildman–Crippen LogP) is 4.74. The van der Waals surface area contributed by atoms with Crippen LogP contribution in [0.15, 0.2) is 54.6 Å². The third-order valence-electron chi connectivity index (χ3n) is 3.85. The Labute approximate surface area is 133 Å². The minimum absolute atomic E-state index is 0.680. The van der Waals surface area contributed by atoms with Crippen molar-refractivity contribution in [1.82, 2.24) is 5.32 Å². The standard InChI is InChI=1S/C19H24ClN/c1-21-15-18(14-17-10-12-19(20)13-11-17)9-5-8-16-6-3-2-4-7-16/h2-4,6-7,10-13,18,21H,5,8-9,14-15H2,1H3. The maximum absolute atomic E-state index is 5.95. The van der Waals surface area contributed by atoms with E-state index < -0.39 is 0 Å². The smallest absolute Gasteiger partial charge is 0.0406 e. The second-order valence-electron chi connectivity index (χ2n) is 5.63. The first-order valence-electron chi connectivity index (χ1n) is 7.71. The van der Waals surface area contributed by atoms with Crippen LogP contribution in [0.1, 0.15) is 24.0 Å². The van der Waals surface area contributed by atoms with Gasteiger partial charge in [-0.3, -0.25) is 0 Å². The molecule has 2 aromatic rings. The summed E-state index contributed by atoms with van der Waals surface area (Å²) in [4.78, 5) is 0. The number of aryl methyl sites for hydroxylation is 1. The molecule has 2 rings (SSSR count). The van der Waals surface area contributed by atoms with Crippen LogP contribution < -0.4 is 5.32 Å². The van der Waals surface area contributed by atoms with E-state index in [-0.39, 0.29) is 0 Å². The number of rotatable bonds is 8. The number of benzene rings is 2. The first kappa shape index (κ1) is 16.1. The van der Waals surface area contributed by atoms with Gasteiger partial charge in [-0.1, -0.05) is 54.1 Å². The van der Waals surface area contributed by atoms with Gasteiger partial charge in [-0.05, 0) is 68.5 Å². The molecule has 1 atom stereocenters. The molecule has 0 saturated carbocycles. The van der Waals surface area contributed by atoms with Crippen molar-refractivity contribution in [3.8, 4) is 0 Å². The van der Waals surface area contributed by atoms with Gasteiger partial charge in [0.05, 0.1) is 0 Å². The summed E-state index contributed by atoms with van der Waals surface area (Å²) in [5, 5.41) is 4.13. The molecule has 1 N–H and O–H groups in total. The molecule has 1 unspecified atom stereocenters. The highest BCUT2D eigenvalue weighted by molar-refractivity contribution is 6.30. The Hall–Kier alpha value is -1.31. The van der Waals surface area contributed by atoms with Gasteiger partial charge in [-0.25, -0.2) is 0 Å². The van der Waals surface area contributed by atoms with Crippen molar-refractivity contribution in [3.63, 3.8) is 0 Å². The Morgan fingerprint density at radius 1 is 0.952 bits per heavy atom. The molecule has 0 amide bonds. The summed E-state index contributed by atoms with van der Waals surface area (Å²) in [5.41, 5.74) is 2.81. The Morgan fingerprint density at radius 2 is 1.67 bits per heavy atom. The van der Waals surface area contributed by atoms with E-state index in [9.17, 15) is 0 Å². The Kier molecular flexibility index (Phi) is 6.78. The van der Waals surface area contributed by atoms with E-state index in [1.54, 1.807) is 0 Å². The van der Waals surface area contributed by atoms with Gasteiger partial charge in [0, 0.05) is 5.02 Å². The molecule has 2 heteroatoms. The molecule has 0 spiro atoms. The highest BCUT2D eigenvalue weighted by Crippen LogP contribution is 2.17. The second kappa shape index (κ2) is 8.86. The highest BCUT2D eigenvalue weighted by atomic mass is 35.5. The van der Waals surface area contributed by atoms with Crippen LogP contribution in [0.25, 0.3) is 0 Å². The Bertz CT molecular complexity index is 507. The minimum Gasteiger partial charge on any atom is -0.319 e. The lowest BCUT2D eigenvalue weighted by Gasteiger charge is -2.16. The molecule has 0 aromatic heterocycles. The average Bonchev–Trinajstić information content (AvgIpc) is 2.51. The molecule has 0 fully saturated rings. The molecule has 0 aliphatic heterocycles. The third kappa shape index (κ3) is 5.91. The molecule has 0 bridgehead atoms. The van der Waals surface area contributed by atoms with Gasteiger partial charge in [0.1, 0.15) is 0 Å². The van der Waals surface area contributed by atoms with Crippen molar-refractivity contribution < 1.29 is 0 Å². The molecule has 0 aliphatic rings. The molecule has 2 aromatic carbocycles. The molecule has 1 nitrogen and oxygen atoms in total. The largest absolute Gasteiger partial charge is 0.319 e. The lowest BCUT2D eigenvalue weighted by atomic mass is 9.93. The third-order valence-corrected chi connectivity index (χ3v) is 4.10. The summed E-state index contributed by atoms with van der Waals surface area (Å²) < 4.78 is 0. The first-order valence-corrected chi connectivity index (χ1v) is 8.08. The van der Waals surface area contributed by atoms with E-state index in [0.717, 1.165) is 18.0 Å². The van der Waals surface area contributed by atoms with Crippen LogP contribution in [-0.4, -0.2) is 13.6 Å². The van der Waals surface area contributed by atoms with Gasteiger partial charge in [0.15, 0.2) is 0 Å². The summed E-state index contributed by atoms with van der Waals surface area (Å²) in [6, 6.07) is 19.0.